The number of carbonyl (C=O) groups excluding carboxylic acids is 2. The van der Waals surface area contributed by atoms with E-state index in [2.05, 4.69) is 4.98 Å². The van der Waals surface area contributed by atoms with Crippen molar-refractivity contribution in [3.63, 3.8) is 0 Å². The van der Waals surface area contributed by atoms with Crippen LogP contribution in [0, 0.1) is 0 Å². The molecule has 0 radical (unpaired) electrons. The fraction of sp³-hybridized carbons (Fsp3) is 0.273. The van der Waals surface area contributed by atoms with Crippen molar-refractivity contribution < 1.29 is 14.3 Å². The van der Waals surface area contributed by atoms with Crippen LogP contribution in [-0.4, -0.2) is 21.1 Å². The fourth-order valence-corrected chi connectivity index (χ4v) is 3.51. The molecule has 3 aromatic rings. The lowest BCUT2D eigenvalue weighted by Gasteiger charge is -2.07. The summed E-state index contributed by atoms with van der Waals surface area (Å²) in [4.78, 5) is 40.7. The van der Waals surface area contributed by atoms with Crippen molar-refractivity contribution in [2.75, 3.05) is 0 Å². The summed E-state index contributed by atoms with van der Waals surface area (Å²) in [5.41, 5.74) is 3.85. The number of ether oxygens (including phenoxy) is 1. The normalized spacial score (nSPS) is 12.7. The van der Waals surface area contributed by atoms with Gasteiger partial charge in [-0.2, -0.15) is 0 Å². The van der Waals surface area contributed by atoms with E-state index in [1.165, 1.54) is 21.6 Å². The molecule has 6 nitrogen and oxygen atoms in total. The van der Waals surface area contributed by atoms with Gasteiger partial charge in [0.2, 0.25) is 0 Å². The van der Waals surface area contributed by atoms with E-state index in [-0.39, 0.29) is 30.8 Å². The molecule has 1 aromatic carbocycles. The largest absolute Gasteiger partial charge is 0.459 e. The molecular weight excluding hydrogens is 356 g/mol. The van der Waals surface area contributed by atoms with E-state index in [4.69, 9.17) is 4.74 Å². The van der Waals surface area contributed by atoms with Gasteiger partial charge in [-0.3, -0.25) is 18.8 Å². The quantitative estimate of drug-likeness (QED) is 0.488. The molecule has 0 spiro atoms. The summed E-state index contributed by atoms with van der Waals surface area (Å²) < 4.78 is 6.61. The first-order valence-corrected chi connectivity index (χ1v) is 9.38. The van der Waals surface area contributed by atoms with Gasteiger partial charge in [0.25, 0.3) is 5.56 Å². The molecule has 142 valence electrons. The van der Waals surface area contributed by atoms with E-state index in [0.717, 1.165) is 19.3 Å². The highest BCUT2D eigenvalue weighted by Gasteiger charge is 2.15. The fourth-order valence-electron chi connectivity index (χ4n) is 3.51. The predicted molar refractivity (Wildman–Crippen MR) is 103 cm³/mol. The summed E-state index contributed by atoms with van der Waals surface area (Å²) >= 11 is 0. The van der Waals surface area contributed by atoms with Crippen molar-refractivity contribution in [1.29, 1.82) is 0 Å². The SMILES string of the molecule is O=C(CCC(=O)c1ccc2c(c1)CCC2)OCc1cc(=O)n2ccccc2n1. The lowest BCUT2D eigenvalue weighted by atomic mass is 10.0. The van der Waals surface area contributed by atoms with Crippen LogP contribution in [0.5, 0.6) is 0 Å². The van der Waals surface area contributed by atoms with Gasteiger partial charge in [-0.15, -0.1) is 0 Å². The van der Waals surface area contributed by atoms with E-state index in [1.54, 1.807) is 24.4 Å². The third-order valence-corrected chi connectivity index (χ3v) is 4.98. The van der Waals surface area contributed by atoms with E-state index < -0.39 is 5.97 Å². The molecule has 4 rings (SSSR count). The molecule has 28 heavy (non-hydrogen) atoms. The molecule has 0 atom stereocenters. The number of ketones is 1. The van der Waals surface area contributed by atoms with Gasteiger partial charge in [-0.25, -0.2) is 4.98 Å². The van der Waals surface area contributed by atoms with Crippen LogP contribution in [0.25, 0.3) is 5.65 Å². The minimum atomic E-state index is -0.482. The van der Waals surface area contributed by atoms with Gasteiger partial charge in [0, 0.05) is 24.2 Å². The van der Waals surface area contributed by atoms with Crippen molar-refractivity contribution in [2.24, 2.45) is 0 Å². The Kier molecular flexibility index (Phi) is 5.02. The summed E-state index contributed by atoms with van der Waals surface area (Å²) in [6.07, 6.45) is 4.95. The van der Waals surface area contributed by atoms with Crippen LogP contribution < -0.4 is 5.56 Å². The van der Waals surface area contributed by atoms with Gasteiger partial charge >= 0.3 is 5.97 Å². The number of hydrogen-bond donors (Lipinski definition) is 0. The highest BCUT2D eigenvalue weighted by molar-refractivity contribution is 5.97. The second-order valence-electron chi connectivity index (χ2n) is 6.94. The maximum atomic E-state index is 12.4. The predicted octanol–water partition coefficient (Wildman–Crippen LogP) is 2.89. The average Bonchev–Trinajstić information content (AvgIpc) is 3.18. The first-order chi connectivity index (χ1) is 13.6. The van der Waals surface area contributed by atoms with E-state index in [1.807, 2.05) is 18.2 Å². The number of pyridine rings is 1. The second-order valence-corrected chi connectivity index (χ2v) is 6.94. The Labute approximate surface area is 161 Å². The lowest BCUT2D eigenvalue weighted by Crippen LogP contribution is -2.16. The summed E-state index contributed by atoms with van der Waals surface area (Å²) in [5, 5.41) is 0. The highest BCUT2D eigenvalue weighted by Crippen LogP contribution is 2.23. The summed E-state index contributed by atoms with van der Waals surface area (Å²) in [5.74, 6) is -0.543. The van der Waals surface area contributed by atoms with Gasteiger partial charge in [-0.05, 0) is 48.6 Å². The number of carbonyl (C=O) groups is 2. The molecule has 0 aliphatic heterocycles. The van der Waals surface area contributed by atoms with Crippen LogP contribution in [0.2, 0.25) is 0 Å². The Morgan fingerprint density at radius 1 is 1.04 bits per heavy atom. The van der Waals surface area contributed by atoms with E-state index in [0.29, 0.717) is 16.9 Å². The number of rotatable bonds is 6. The molecule has 0 saturated carbocycles. The smallest absolute Gasteiger partial charge is 0.306 e. The number of aromatic nitrogens is 2. The number of nitrogens with zero attached hydrogens (tertiary/aromatic N) is 2. The first kappa shape index (κ1) is 18.1. The number of Topliss-reactive ketones (excluding diaryl/α,β-unsaturated/α-hetero) is 1. The monoisotopic (exact) mass is 376 g/mol. The maximum Gasteiger partial charge on any atom is 0.306 e. The Bertz CT molecular complexity index is 1120. The molecule has 2 aromatic heterocycles. The molecule has 0 unspecified atom stereocenters. The molecule has 1 aliphatic rings. The summed E-state index contributed by atoms with van der Waals surface area (Å²) in [6, 6.07) is 12.4. The third kappa shape index (κ3) is 3.86. The van der Waals surface area contributed by atoms with Gasteiger partial charge in [0.1, 0.15) is 12.3 Å². The van der Waals surface area contributed by atoms with Crippen LogP contribution in [0.4, 0.5) is 0 Å². The van der Waals surface area contributed by atoms with Gasteiger partial charge < -0.3 is 4.74 Å². The van der Waals surface area contributed by atoms with Gasteiger partial charge in [0.05, 0.1) is 12.1 Å². The molecule has 6 heteroatoms. The van der Waals surface area contributed by atoms with Crippen molar-refractivity contribution in [1.82, 2.24) is 9.38 Å². The Balaban J connectivity index is 1.32. The summed E-state index contributed by atoms with van der Waals surface area (Å²) in [6.45, 7) is -0.0908. The molecule has 0 amide bonds. The maximum absolute atomic E-state index is 12.4. The number of benzene rings is 1. The molecule has 0 N–H and O–H groups in total. The minimum Gasteiger partial charge on any atom is -0.459 e. The Hall–Kier alpha value is -3.28. The molecule has 1 aliphatic carbocycles. The van der Waals surface area contributed by atoms with E-state index in [9.17, 15) is 14.4 Å². The Morgan fingerprint density at radius 2 is 1.89 bits per heavy atom. The van der Waals surface area contributed by atoms with Crippen LogP contribution in [0.15, 0.2) is 53.5 Å². The van der Waals surface area contributed by atoms with E-state index >= 15 is 0 Å². The van der Waals surface area contributed by atoms with Crippen molar-refractivity contribution in [3.05, 3.63) is 81.4 Å². The van der Waals surface area contributed by atoms with Crippen LogP contribution in [0.1, 0.15) is 46.4 Å². The average molecular weight is 376 g/mol. The van der Waals surface area contributed by atoms with Crippen molar-refractivity contribution >= 4 is 17.4 Å². The van der Waals surface area contributed by atoms with Crippen molar-refractivity contribution in [3.8, 4) is 0 Å². The van der Waals surface area contributed by atoms with Gasteiger partial charge in [-0.1, -0.05) is 18.2 Å². The van der Waals surface area contributed by atoms with Crippen LogP contribution in [0.3, 0.4) is 0 Å². The summed E-state index contributed by atoms with van der Waals surface area (Å²) in [7, 11) is 0. The topological polar surface area (TPSA) is 77.7 Å². The van der Waals surface area contributed by atoms with Gasteiger partial charge in [0.15, 0.2) is 5.78 Å². The second kappa shape index (κ2) is 7.76. The highest BCUT2D eigenvalue weighted by atomic mass is 16.5. The standard InChI is InChI=1S/C22H20N2O4/c25-19(17-8-7-15-4-3-5-16(15)12-17)9-10-22(27)28-14-18-13-21(26)24-11-2-1-6-20(24)23-18/h1-2,6-8,11-13H,3-5,9-10,14H2. The molecule has 0 fully saturated rings. The number of esters is 1. The lowest BCUT2D eigenvalue weighted by molar-refractivity contribution is -0.145. The zero-order chi connectivity index (χ0) is 19.5. The number of hydrogen-bond acceptors (Lipinski definition) is 5. The van der Waals surface area contributed by atoms with Crippen LogP contribution in [-0.2, 0) is 29.0 Å². The minimum absolute atomic E-state index is 0.00246. The van der Waals surface area contributed by atoms with Crippen molar-refractivity contribution in [2.45, 2.75) is 38.7 Å². The molecular formula is C22H20N2O4. The first-order valence-electron chi connectivity index (χ1n) is 9.38. The number of fused-ring (bicyclic) bond motifs is 2. The zero-order valence-electron chi connectivity index (χ0n) is 15.4. The van der Waals surface area contributed by atoms with Crippen LogP contribution >= 0.6 is 0 Å². The Morgan fingerprint density at radius 3 is 2.79 bits per heavy atom. The molecule has 0 saturated heterocycles. The molecule has 2 heterocycles. The molecule has 0 bridgehead atoms. The third-order valence-electron chi connectivity index (χ3n) is 4.98. The number of aryl methyl sites for hydroxylation is 2. The zero-order valence-corrected chi connectivity index (χ0v) is 15.4.